The topological polar surface area (TPSA) is 55.9 Å². The molecule has 0 aliphatic rings. The Labute approximate surface area is 88.1 Å². The average molecular weight is 206 g/mol. The lowest BCUT2D eigenvalue weighted by Gasteiger charge is -2.02. The van der Waals surface area contributed by atoms with Crippen LogP contribution >= 0.6 is 0 Å². The van der Waals surface area contributed by atoms with E-state index in [1.807, 2.05) is 13.1 Å². The lowest BCUT2D eigenvalue weighted by Crippen LogP contribution is -2.18. The lowest BCUT2D eigenvalue weighted by molar-refractivity contribution is 0.559. The summed E-state index contributed by atoms with van der Waals surface area (Å²) < 4.78 is 6.76. The zero-order valence-corrected chi connectivity index (χ0v) is 8.68. The maximum atomic E-state index is 4.97. The van der Waals surface area contributed by atoms with Crippen molar-refractivity contribution in [1.29, 1.82) is 0 Å². The predicted octanol–water partition coefficient (Wildman–Crippen LogP) is 0.740. The van der Waals surface area contributed by atoms with E-state index in [1.165, 1.54) is 0 Å². The van der Waals surface area contributed by atoms with Crippen LogP contribution in [0.3, 0.4) is 0 Å². The van der Waals surface area contributed by atoms with Crippen LogP contribution in [-0.2, 0) is 20.0 Å². The summed E-state index contributed by atoms with van der Waals surface area (Å²) in [4.78, 5) is 4.14. The molecule has 80 valence electrons. The van der Waals surface area contributed by atoms with Crippen molar-refractivity contribution >= 4 is 0 Å². The summed E-state index contributed by atoms with van der Waals surface area (Å²) >= 11 is 0. The van der Waals surface area contributed by atoms with Gasteiger partial charge in [-0.05, 0) is 6.07 Å². The third-order valence-electron chi connectivity index (χ3n) is 2.24. The first-order valence-corrected chi connectivity index (χ1v) is 4.91. The van der Waals surface area contributed by atoms with Gasteiger partial charge in [0.2, 0.25) is 0 Å². The zero-order valence-electron chi connectivity index (χ0n) is 8.68. The van der Waals surface area contributed by atoms with Gasteiger partial charge in [-0.2, -0.15) is 5.10 Å². The Morgan fingerprint density at radius 1 is 1.53 bits per heavy atom. The number of hydrogen-bond acceptors (Lipinski definition) is 4. The van der Waals surface area contributed by atoms with Crippen LogP contribution in [-0.4, -0.2) is 21.3 Å². The van der Waals surface area contributed by atoms with Crippen molar-refractivity contribution in [2.24, 2.45) is 7.05 Å². The van der Waals surface area contributed by atoms with Gasteiger partial charge in [0.05, 0.1) is 12.5 Å². The molecular weight excluding hydrogens is 192 g/mol. The Bertz CT molecular complexity index is 393. The first-order chi connectivity index (χ1) is 7.36. The second kappa shape index (κ2) is 4.75. The van der Waals surface area contributed by atoms with Crippen LogP contribution in [0.25, 0.3) is 0 Å². The molecule has 2 aromatic heterocycles. The second-order valence-corrected chi connectivity index (χ2v) is 3.36. The molecule has 0 saturated carbocycles. The Morgan fingerprint density at radius 2 is 2.47 bits per heavy atom. The highest BCUT2D eigenvalue weighted by atomic mass is 16.3. The Hall–Kier alpha value is -1.62. The monoisotopic (exact) mass is 206 g/mol. The van der Waals surface area contributed by atoms with Crippen molar-refractivity contribution in [3.8, 4) is 0 Å². The van der Waals surface area contributed by atoms with E-state index in [-0.39, 0.29) is 0 Å². The van der Waals surface area contributed by atoms with E-state index in [1.54, 1.807) is 23.5 Å². The third-order valence-corrected chi connectivity index (χ3v) is 2.24. The SMILES string of the molecule is Cn1ncnc1CCNCc1ccoc1. The van der Waals surface area contributed by atoms with Gasteiger partial charge in [0.15, 0.2) is 0 Å². The minimum atomic E-state index is 0.828. The van der Waals surface area contributed by atoms with Crippen LogP contribution < -0.4 is 5.32 Å². The molecule has 2 aromatic rings. The summed E-state index contributed by atoms with van der Waals surface area (Å²) in [6.45, 7) is 1.71. The number of nitrogens with one attached hydrogen (secondary N) is 1. The molecule has 15 heavy (non-hydrogen) atoms. The normalized spacial score (nSPS) is 10.7. The number of nitrogens with zero attached hydrogens (tertiary/aromatic N) is 3. The maximum absolute atomic E-state index is 4.97. The van der Waals surface area contributed by atoms with Crippen LogP contribution in [0.15, 0.2) is 29.3 Å². The molecule has 1 N–H and O–H groups in total. The molecular formula is C10H14N4O. The number of furan rings is 1. The summed E-state index contributed by atoms with van der Waals surface area (Å²) in [6.07, 6.45) is 5.88. The van der Waals surface area contributed by atoms with Crippen molar-refractivity contribution in [2.75, 3.05) is 6.54 Å². The molecule has 2 rings (SSSR count). The minimum Gasteiger partial charge on any atom is -0.472 e. The summed E-state index contributed by atoms with van der Waals surface area (Å²) in [5.74, 6) is 0.995. The van der Waals surface area contributed by atoms with Crippen molar-refractivity contribution in [3.05, 3.63) is 36.3 Å². The largest absolute Gasteiger partial charge is 0.472 e. The third kappa shape index (κ3) is 2.66. The fourth-order valence-corrected chi connectivity index (χ4v) is 1.37. The van der Waals surface area contributed by atoms with Gasteiger partial charge < -0.3 is 9.73 Å². The molecule has 0 saturated heterocycles. The summed E-state index contributed by atoms with van der Waals surface area (Å²) in [5.41, 5.74) is 1.16. The van der Waals surface area contributed by atoms with E-state index >= 15 is 0 Å². The van der Waals surface area contributed by atoms with Crippen LogP contribution in [0.2, 0.25) is 0 Å². The fraction of sp³-hybridized carbons (Fsp3) is 0.400. The van der Waals surface area contributed by atoms with Crippen molar-refractivity contribution < 1.29 is 4.42 Å². The maximum Gasteiger partial charge on any atom is 0.138 e. The summed E-state index contributed by atoms with van der Waals surface area (Å²) in [5, 5.41) is 7.32. The van der Waals surface area contributed by atoms with E-state index < -0.39 is 0 Å². The van der Waals surface area contributed by atoms with E-state index in [9.17, 15) is 0 Å². The van der Waals surface area contributed by atoms with Gasteiger partial charge in [0, 0.05) is 32.1 Å². The van der Waals surface area contributed by atoms with Crippen molar-refractivity contribution in [2.45, 2.75) is 13.0 Å². The quantitative estimate of drug-likeness (QED) is 0.733. The van der Waals surface area contributed by atoms with Crippen molar-refractivity contribution in [3.63, 3.8) is 0 Å². The molecule has 0 fully saturated rings. The first-order valence-electron chi connectivity index (χ1n) is 4.91. The van der Waals surface area contributed by atoms with Gasteiger partial charge in [0.1, 0.15) is 12.2 Å². The van der Waals surface area contributed by atoms with E-state index in [0.717, 1.165) is 30.9 Å². The number of rotatable bonds is 5. The molecule has 0 radical (unpaired) electrons. The molecule has 0 aliphatic carbocycles. The van der Waals surface area contributed by atoms with Gasteiger partial charge in [-0.1, -0.05) is 0 Å². The molecule has 0 unspecified atom stereocenters. The molecule has 0 bridgehead atoms. The van der Waals surface area contributed by atoms with E-state index in [4.69, 9.17) is 4.42 Å². The van der Waals surface area contributed by atoms with Crippen LogP contribution in [0.1, 0.15) is 11.4 Å². The van der Waals surface area contributed by atoms with E-state index in [0.29, 0.717) is 0 Å². The predicted molar refractivity (Wildman–Crippen MR) is 55.1 cm³/mol. The average Bonchev–Trinajstić information content (AvgIpc) is 2.85. The van der Waals surface area contributed by atoms with Gasteiger partial charge in [0.25, 0.3) is 0 Å². The van der Waals surface area contributed by atoms with Crippen LogP contribution in [0.4, 0.5) is 0 Å². The van der Waals surface area contributed by atoms with Gasteiger partial charge in [-0.15, -0.1) is 0 Å². The van der Waals surface area contributed by atoms with Gasteiger partial charge in [-0.3, -0.25) is 4.68 Å². The molecule has 2 heterocycles. The highest BCUT2D eigenvalue weighted by molar-refractivity contribution is 5.04. The Morgan fingerprint density at radius 3 is 3.13 bits per heavy atom. The molecule has 0 atom stereocenters. The molecule has 0 aliphatic heterocycles. The Balaban J connectivity index is 1.70. The lowest BCUT2D eigenvalue weighted by atomic mass is 10.3. The molecule has 5 nitrogen and oxygen atoms in total. The van der Waals surface area contributed by atoms with Crippen LogP contribution in [0.5, 0.6) is 0 Å². The van der Waals surface area contributed by atoms with Gasteiger partial charge in [-0.25, -0.2) is 4.98 Å². The molecule has 0 aromatic carbocycles. The first kappa shape index (κ1) is 9.92. The number of hydrogen-bond donors (Lipinski definition) is 1. The number of aromatic nitrogens is 3. The highest BCUT2D eigenvalue weighted by Crippen LogP contribution is 1.98. The zero-order chi connectivity index (χ0) is 10.5. The minimum absolute atomic E-state index is 0.828. The molecule has 5 heteroatoms. The van der Waals surface area contributed by atoms with E-state index in [2.05, 4.69) is 15.4 Å². The smallest absolute Gasteiger partial charge is 0.138 e. The molecule has 0 amide bonds. The fourth-order valence-electron chi connectivity index (χ4n) is 1.37. The second-order valence-electron chi connectivity index (χ2n) is 3.36. The highest BCUT2D eigenvalue weighted by Gasteiger charge is 1.99. The van der Waals surface area contributed by atoms with Crippen molar-refractivity contribution in [1.82, 2.24) is 20.1 Å². The van der Waals surface area contributed by atoms with Gasteiger partial charge >= 0.3 is 0 Å². The van der Waals surface area contributed by atoms with Crippen LogP contribution in [0, 0.1) is 0 Å². The number of aryl methyl sites for hydroxylation is 1. The summed E-state index contributed by atoms with van der Waals surface area (Å²) in [6, 6.07) is 1.95. The summed E-state index contributed by atoms with van der Waals surface area (Å²) in [7, 11) is 1.90. The Kier molecular flexibility index (Phi) is 3.14. The standard InChI is InChI=1S/C10H14N4O/c1-14-10(12-8-13-14)2-4-11-6-9-3-5-15-7-9/h3,5,7-8,11H,2,4,6H2,1H3. The molecule has 0 spiro atoms.